The first-order valence-electron chi connectivity index (χ1n) is 7.52. The van der Waals surface area contributed by atoms with Crippen molar-refractivity contribution in [3.63, 3.8) is 0 Å². The van der Waals surface area contributed by atoms with Crippen molar-refractivity contribution in [1.29, 1.82) is 5.26 Å². The van der Waals surface area contributed by atoms with Crippen molar-refractivity contribution < 1.29 is 4.52 Å². The number of hydrogen-bond donors (Lipinski definition) is 1. The van der Waals surface area contributed by atoms with Gasteiger partial charge in [-0.2, -0.15) is 5.26 Å². The molecule has 7 heteroatoms. The van der Waals surface area contributed by atoms with E-state index in [4.69, 9.17) is 15.5 Å². The van der Waals surface area contributed by atoms with E-state index in [1.807, 2.05) is 19.9 Å². The third kappa shape index (κ3) is 3.21. The molecule has 6 nitrogen and oxygen atoms in total. The lowest BCUT2D eigenvalue weighted by Gasteiger charge is -2.11. The van der Waals surface area contributed by atoms with Crippen molar-refractivity contribution in [2.75, 3.05) is 5.73 Å². The molecular formula is C18H15BrN4O2. The van der Waals surface area contributed by atoms with E-state index in [9.17, 15) is 4.79 Å². The summed E-state index contributed by atoms with van der Waals surface area (Å²) >= 11 is 3.33. The van der Waals surface area contributed by atoms with Crippen LogP contribution < -0.4 is 11.3 Å². The lowest BCUT2D eigenvalue weighted by atomic mass is 10.1. The number of hydrogen-bond acceptors (Lipinski definition) is 5. The molecule has 0 aliphatic heterocycles. The van der Waals surface area contributed by atoms with E-state index in [1.54, 1.807) is 24.4 Å². The van der Waals surface area contributed by atoms with E-state index < -0.39 is 0 Å². The van der Waals surface area contributed by atoms with Gasteiger partial charge in [0.2, 0.25) is 0 Å². The van der Waals surface area contributed by atoms with Crippen molar-refractivity contribution in [3.05, 3.63) is 67.9 Å². The monoisotopic (exact) mass is 398 g/mol. The Morgan fingerprint density at radius 3 is 2.76 bits per heavy atom. The summed E-state index contributed by atoms with van der Waals surface area (Å²) in [6, 6.07) is 9.14. The molecule has 0 bridgehead atoms. The molecule has 0 radical (unpaired) electrons. The number of rotatable bonds is 3. The lowest BCUT2D eigenvalue weighted by molar-refractivity contribution is 0.393. The number of halogens is 1. The molecule has 2 N–H and O–H groups in total. The number of nitrogens with zero attached hydrogens (tertiary/aromatic N) is 3. The molecule has 0 fully saturated rings. The van der Waals surface area contributed by atoms with E-state index in [0.717, 1.165) is 26.9 Å². The second-order valence-corrected chi connectivity index (χ2v) is 6.60. The minimum absolute atomic E-state index is 0.148. The van der Waals surface area contributed by atoms with Crippen LogP contribution in [0.1, 0.15) is 22.6 Å². The van der Waals surface area contributed by atoms with Gasteiger partial charge in [0.1, 0.15) is 11.8 Å². The van der Waals surface area contributed by atoms with Crippen LogP contribution in [-0.2, 0) is 6.54 Å². The maximum atomic E-state index is 12.4. The molecule has 0 atom stereocenters. The molecule has 3 rings (SSSR count). The SMILES string of the molecule is Cc1noc(C)c1-c1cc(N)c(=O)n(Cc2ccc(Br)c(C#N)c2)c1. The molecule has 0 unspecified atom stereocenters. The Balaban J connectivity index is 2.08. The number of pyridine rings is 1. The standard InChI is InChI=1S/C18H15BrN4O2/c1-10-17(11(2)25-22-10)14-6-16(21)18(24)23(9-14)8-12-3-4-15(19)13(5-12)7-20/h3-6,9H,8,21H2,1-2H3. The van der Waals surface area contributed by atoms with E-state index >= 15 is 0 Å². The van der Waals surface area contributed by atoms with Gasteiger partial charge in [-0.25, -0.2) is 0 Å². The molecule has 0 aliphatic carbocycles. The first-order chi connectivity index (χ1) is 11.9. The van der Waals surface area contributed by atoms with Gasteiger partial charge in [0.05, 0.1) is 23.5 Å². The number of nitrogen functional groups attached to an aromatic ring is 1. The van der Waals surface area contributed by atoms with Gasteiger partial charge >= 0.3 is 0 Å². The van der Waals surface area contributed by atoms with Crippen LogP contribution in [0.5, 0.6) is 0 Å². The topological polar surface area (TPSA) is 97.8 Å². The Labute approximate surface area is 152 Å². The Morgan fingerprint density at radius 1 is 1.36 bits per heavy atom. The number of aromatic nitrogens is 2. The zero-order chi connectivity index (χ0) is 18.1. The van der Waals surface area contributed by atoms with Crippen molar-refractivity contribution in [2.24, 2.45) is 0 Å². The minimum Gasteiger partial charge on any atom is -0.394 e. The van der Waals surface area contributed by atoms with Crippen LogP contribution in [0.15, 0.2) is 44.3 Å². The Kier molecular flexibility index (Phi) is 4.47. The number of nitrogens with two attached hydrogens (primary N) is 1. The highest BCUT2D eigenvalue weighted by Crippen LogP contribution is 2.27. The zero-order valence-electron chi connectivity index (χ0n) is 13.7. The molecular weight excluding hydrogens is 384 g/mol. The summed E-state index contributed by atoms with van der Waals surface area (Å²) in [5.74, 6) is 0.664. The number of aryl methyl sites for hydroxylation is 2. The Hall–Kier alpha value is -2.85. The highest BCUT2D eigenvalue weighted by atomic mass is 79.9. The van der Waals surface area contributed by atoms with Crippen molar-refractivity contribution in [1.82, 2.24) is 9.72 Å². The van der Waals surface area contributed by atoms with Crippen LogP contribution >= 0.6 is 15.9 Å². The summed E-state index contributed by atoms with van der Waals surface area (Å²) in [7, 11) is 0. The molecule has 0 saturated carbocycles. The van der Waals surface area contributed by atoms with Gasteiger partial charge in [0.25, 0.3) is 5.56 Å². The first-order valence-corrected chi connectivity index (χ1v) is 8.31. The second kappa shape index (κ2) is 6.57. The molecule has 0 saturated heterocycles. The fourth-order valence-corrected chi connectivity index (χ4v) is 3.10. The normalized spacial score (nSPS) is 10.6. The number of anilines is 1. The predicted molar refractivity (Wildman–Crippen MR) is 98.0 cm³/mol. The maximum Gasteiger partial charge on any atom is 0.274 e. The third-order valence-electron chi connectivity index (χ3n) is 3.94. The van der Waals surface area contributed by atoms with Crippen LogP contribution in [0.2, 0.25) is 0 Å². The van der Waals surface area contributed by atoms with Gasteiger partial charge in [-0.1, -0.05) is 11.2 Å². The van der Waals surface area contributed by atoms with Gasteiger partial charge in [0.15, 0.2) is 0 Å². The van der Waals surface area contributed by atoms with E-state index in [0.29, 0.717) is 17.9 Å². The Bertz CT molecular complexity index is 1040. The van der Waals surface area contributed by atoms with Gasteiger partial charge in [-0.3, -0.25) is 4.79 Å². The van der Waals surface area contributed by atoms with E-state index in [2.05, 4.69) is 27.2 Å². The largest absolute Gasteiger partial charge is 0.394 e. The summed E-state index contributed by atoms with van der Waals surface area (Å²) in [5, 5.41) is 13.1. The van der Waals surface area contributed by atoms with Crippen molar-refractivity contribution in [3.8, 4) is 17.2 Å². The number of nitriles is 1. The van der Waals surface area contributed by atoms with E-state index in [1.165, 1.54) is 4.57 Å². The summed E-state index contributed by atoms with van der Waals surface area (Å²) in [5.41, 5.74) is 9.46. The molecule has 2 heterocycles. The molecule has 25 heavy (non-hydrogen) atoms. The van der Waals surface area contributed by atoms with Gasteiger partial charge in [0, 0.05) is 21.8 Å². The fraction of sp³-hybridized carbons (Fsp3) is 0.167. The average molecular weight is 399 g/mol. The predicted octanol–water partition coefficient (Wildman–Crippen LogP) is 3.38. The quantitative estimate of drug-likeness (QED) is 0.728. The van der Waals surface area contributed by atoms with Gasteiger partial charge in [-0.05, 0) is 53.5 Å². The van der Waals surface area contributed by atoms with Crippen LogP contribution in [-0.4, -0.2) is 9.72 Å². The summed E-state index contributed by atoms with van der Waals surface area (Å²) in [4.78, 5) is 12.4. The smallest absolute Gasteiger partial charge is 0.274 e. The highest BCUT2D eigenvalue weighted by molar-refractivity contribution is 9.10. The number of benzene rings is 1. The van der Waals surface area contributed by atoms with Crippen molar-refractivity contribution >= 4 is 21.6 Å². The molecule has 2 aromatic heterocycles. The zero-order valence-corrected chi connectivity index (χ0v) is 15.3. The van der Waals surface area contributed by atoms with E-state index in [-0.39, 0.29) is 11.2 Å². The van der Waals surface area contributed by atoms with Crippen LogP contribution in [0.25, 0.3) is 11.1 Å². The van der Waals surface area contributed by atoms with Crippen LogP contribution in [0.4, 0.5) is 5.69 Å². The maximum absolute atomic E-state index is 12.4. The summed E-state index contributed by atoms with van der Waals surface area (Å²) in [6.07, 6.45) is 1.74. The molecule has 3 aromatic rings. The van der Waals surface area contributed by atoms with Crippen LogP contribution in [0, 0.1) is 25.2 Å². The van der Waals surface area contributed by atoms with Gasteiger partial charge < -0.3 is 14.8 Å². The summed E-state index contributed by atoms with van der Waals surface area (Å²) < 4.78 is 7.45. The molecule has 0 spiro atoms. The Morgan fingerprint density at radius 2 is 2.12 bits per heavy atom. The fourth-order valence-electron chi connectivity index (χ4n) is 2.76. The third-order valence-corrected chi connectivity index (χ3v) is 4.63. The second-order valence-electron chi connectivity index (χ2n) is 5.74. The molecule has 1 aromatic carbocycles. The molecule has 0 amide bonds. The van der Waals surface area contributed by atoms with Crippen molar-refractivity contribution in [2.45, 2.75) is 20.4 Å². The minimum atomic E-state index is -0.281. The molecule has 126 valence electrons. The average Bonchev–Trinajstić information content (AvgIpc) is 2.92. The van der Waals surface area contributed by atoms with Crippen LogP contribution in [0.3, 0.4) is 0 Å². The molecule has 0 aliphatic rings. The highest BCUT2D eigenvalue weighted by Gasteiger charge is 2.14. The van der Waals surface area contributed by atoms with Gasteiger partial charge in [-0.15, -0.1) is 0 Å². The first kappa shape index (κ1) is 17.0. The lowest BCUT2D eigenvalue weighted by Crippen LogP contribution is -2.23. The summed E-state index contributed by atoms with van der Waals surface area (Å²) in [6.45, 7) is 3.96.